The molecular formula is C17H21NO4S. The van der Waals surface area contributed by atoms with Crippen LogP contribution in [0.1, 0.15) is 19.4 Å². The Hall–Kier alpha value is -2.05. The first kappa shape index (κ1) is 17.3. The Balaban J connectivity index is 2.07. The van der Waals surface area contributed by atoms with Crippen molar-refractivity contribution in [3.05, 3.63) is 54.1 Å². The molecule has 2 rings (SSSR count). The zero-order valence-electron chi connectivity index (χ0n) is 13.4. The Morgan fingerprint density at radius 1 is 1.04 bits per heavy atom. The molecule has 0 radical (unpaired) electrons. The summed E-state index contributed by atoms with van der Waals surface area (Å²) >= 11 is 0. The van der Waals surface area contributed by atoms with Crippen LogP contribution in [0.25, 0.3) is 0 Å². The van der Waals surface area contributed by atoms with Crippen molar-refractivity contribution in [2.45, 2.75) is 31.3 Å². The van der Waals surface area contributed by atoms with Gasteiger partial charge in [-0.15, -0.1) is 0 Å². The Kier molecular flexibility index (Phi) is 4.97. The third-order valence-electron chi connectivity index (χ3n) is 3.03. The monoisotopic (exact) mass is 335 g/mol. The highest BCUT2D eigenvalue weighted by Crippen LogP contribution is 2.20. The minimum absolute atomic E-state index is 0.154. The van der Waals surface area contributed by atoms with Gasteiger partial charge in [0.25, 0.3) is 10.0 Å². The largest absolute Gasteiger partial charge is 0.491 e. The summed E-state index contributed by atoms with van der Waals surface area (Å²) in [5.41, 5.74) is 0.518. The summed E-state index contributed by atoms with van der Waals surface area (Å²) in [6.07, 6.45) is 0. The third-order valence-corrected chi connectivity index (χ3v) is 4.43. The molecule has 0 saturated heterocycles. The molecule has 0 heterocycles. The standard InChI is InChI=1S/C17H21NO4S/c1-13-4-10-16(11-5-13)23(20,21)18-14-6-8-15(9-7-14)22-12-17(2,3)19/h4-11,18-19H,12H2,1-3H3. The van der Waals surface area contributed by atoms with Crippen molar-refractivity contribution in [1.82, 2.24) is 0 Å². The highest BCUT2D eigenvalue weighted by Gasteiger charge is 2.15. The van der Waals surface area contributed by atoms with Crippen LogP contribution in [-0.4, -0.2) is 25.7 Å². The van der Waals surface area contributed by atoms with E-state index in [1.54, 1.807) is 62.4 Å². The van der Waals surface area contributed by atoms with Gasteiger partial charge in [-0.2, -0.15) is 0 Å². The van der Waals surface area contributed by atoms with E-state index in [-0.39, 0.29) is 11.5 Å². The van der Waals surface area contributed by atoms with Gasteiger partial charge in [0.05, 0.1) is 10.5 Å². The van der Waals surface area contributed by atoms with E-state index in [0.717, 1.165) is 5.56 Å². The van der Waals surface area contributed by atoms with Crippen LogP contribution in [0.2, 0.25) is 0 Å². The number of benzene rings is 2. The average Bonchev–Trinajstić information content (AvgIpc) is 2.46. The Labute approximate surface area is 137 Å². The molecule has 0 saturated carbocycles. The van der Waals surface area contributed by atoms with Gasteiger partial charge in [0.2, 0.25) is 0 Å². The maximum atomic E-state index is 12.3. The molecule has 0 aliphatic heterocycles. The molecule has 0 aliphatic carbocycles. The fourth-order valence-corrected chi connectivity index (χ4v) is 2.87. The van der Waals surface area contributed by atoms with E-state index < -0.39 is 15.6 Å². The number of anilines is 1. The summed E-state index contributed by atoms with van der Waals surface area (Å²) < 4.78 is 32.5. The molecule has 0 bridgehead atoms. The first-order chi connectivity index (χ1) is 10.7. The number of sulfonamides is 1. The number of hydrogen-bond donors (Lipinski definition) is 2. The molecule has 2 aromatic carbocycles. The average molecular weight is 335 g/mol. The second-order valence-electron chi connectivity index (χ2n) is 6.04. The van der Waals surface area contributed by atoms with E-state index in [0.29, 0.717) is 11.4 Å². The molecule has 0 spiro atoms. The van der Waals surface area contributed by atoms with Crippen molar-refractivity contribution in [3.8, 4) is 5.75 Å². The number of hydrogen-bond acceptors (Lipinski definition) is 4. The normalized spacial score (nSPS) is 12.0. The van der Waals surface area contributed by atoms with Gasteiger partial charge in [-0.05, 0) is 57.2 Å². The van der Waals surface area contributed by atoms with Crippen molar-refractivity contribution >= 4 is 15.7 Å². The van der Waals surface area contributed by atoms with Gasteiger partial charge in [-0.3, -0.25) is 4.72 Å². The molecular weight excluding hydrogens is 314 g/mol. The third kappa shape index (κ3) is 5.26. The maximum Gasteiger partial charge on any atom is 0.261 e. The van der Waals surface area contributed by atoms with E-state index in [9.17, 15) is 13.5 Å². The summed E-state index contributed by atoms with van der Waals surface area (Å²) in [5.74, 6) is 0.561. The van der Waals surface area contributed by atoms with E-state index in [1.165, 1.54) is 0 Å². The van der Waals surface area contributed by atoms with Crippen LogP contribution in [0.15, 0.2) is 53.4 Å². The lowest BCUT2D eigenvalue weighted by Gasteiger charge is -2.18. The summed E-state index contributed by atoms with van der Waals surface area (Å²) in [7, 11) is -3.61. The highest BCUT2D eigenvalue weighted by atomic mass is 32.2. The fourth-order valence-electron chi connectivity index (χ4n) is 1.81. The molecule has 124 valence electrons. The van der Waals surface area contributed by atoms with E-state index in [1.807, 2.05) is 6.92 Å². The van der Waals surface area contributed by atoms with Crippen molar-refractivity contribution < 1.29 is 18.3 Å². The molecule has 23 heavy (non-hydrogen) atoms. The minimum Gasteiger partial charge on any atom is -0.491 e. The molecule has 6 heteroatoms. The number of aliphatic hydroxyl groups is 1. The summed E-state index contributed by atoms with van der Waals surface area (Å²) in [6, 6.07) is 13.2. The predicted octanol–water partition coefficient (Wildman–Crippen LogP) is 2.95. The first-order valence-electron chi connectivity index (χ1n) is 7.20. The highest BCUT2D eigenvalue weighted by molar-refractivity contribution is 7.92. The molecule has 0 fully saturated rings. The lowest BCUT2D eigenvalue weighted by atomic mass is 10.2. The molecule has 0 unspecified atom stereocenters. The minimum atomic E-state index is -3.61. The summed E-state index contributed by atoms with van der Waals surface area (Å²) in [6.45, 7) is 5.35. The molecule has 0 amide bonds. The Morgan fingerprint density at radius 2 is 1.61 bits per heavy atom. The van der Waals surface area contributed by atoms with Gasteiger partial charge in [0.1, 0.15) is 12.4 Å². The lowest BCUT2D eigenvalue weighted by molar-refractivity contribution is 0.0285. The van der Waals surface area contributed by atoms with Crippen LogP contribution in [0.3, 0.4) is 0 Å². The van der Waals surface area contributed by atoms with Crippen LogP contribution >= 0.6 is 0 Å². The van der Waals surface area contributed by atoms with Gasteiger partial charge < -0.3 is 9.84 Å². The van der Waals surface area contributed by atoms with Crippen LogP contribution in [0, 0.1) is 6.92 Å². The van der Waals surface area contributed by atoms with Gasteiger partial charge in [-0.1, -0.05) is 17.7 Å². The maximum absolute atomic E-state index is 12.3. The molecule has 5 nitrogen and oxygen atoms in total. The molecule has 0 atom stereocenters. The van der Waals surface area contributed by atoms with E-state index in [2.05, 4.69) is 4.72 Å². The smallest absolute Gasteiger partial charge is 0.261 e. The predicted molar refractivity (Wildman–Crippen MR) is 90.2 cm³/mol. The molecule has 2 N–H and O–H groups in total. The molecule has 2 aromatic rings. The van der Waals surface area contributed by atoms with Gasteiger partial charge in [-0.25, -0.2) is 8.42 Å². The number of nitrogens with one attached hydrogen (secondary N) is 1. The van der Waals surface area contributed by atoms with Crippen molar-refractivity contribution in [2.75, 3.05) is 11.3 Å². The molecule has 0 aromatic heterocycles. The van der Waals surface area contributed by atoms with Gasteiger partial charge in [0.15, 0.2) is 0 Å². The quantitative estimate of drug-likeness (QED) is 0.851. The second kappa shape index (κ2) is 6.60. The Morgan fingerprint density at radius 3 is 2.13 bits per heavy atom. The number of ether oxygens (including phenoxy) is 1. The topological polar surface area (TPSA) is 75.6 Å². The van der Waals surface area contributed by atoms with Gasteiger partial charge in [0, 0.05) is 5.69 Å². The van der Waals surface area contributed by atoms with Crippen molar-refractivity contribution in [3.63, 3.8) is 0 Å². The second-order valence-corrected chi connectivity index (χ2v) is 7.73. The zero-order chi connectivity index (χ0) is 17.1. The van der Waals surface area contributed by atoms with Crippen LogP contribution in [-0.2, 0) is 10.0 Å². The summed E-state index contributed by atoms with van der Waals surface area (Å²) in [5, 5.41) is 9.62. The lowest BCUT2D eigenvalue weighted by Crippen LogP contribution is -2.27. The SMILES string of the molecule is Cc1ccc(S(=O)(=O)Nc2ccc(OCC(C)(C)O)cc2)cc1. The van der Waals surface area contributed by atoms with Crippen LogP contribution < -0.4 is 9.46 Å². The van der Waals surface area contributed by atoms with E-state index >= 15 is 0 Å². The Bertz CT molecular complexity index is 745. The summed E-state index contributed by atoms with van der Waals surface area (Å²) in [4.78, 5) is 0.213. The van der Waals surface area contributed by atoms with Crippen LogP contribution in [0.4, 0.5) is 5.69 Å². The van der Waals surface area contributed by atoms with Crippen molar-refractivity contribution in [2.24, 2.45) is 0 Å². The molecule has 0 aliphatic rings. The number of rotatable bonds is 6. The zero-order valence-corrected chi connectivity index (χ0v) is 14.2. The fraction of sp³-hybridized carbons (Fsp3) is 0.294. The van der Waals surface area contributed by atoms with Crippen molar-refractivity contribution in [1.29, 1.82) is 0 Å². The van der Waals surface area contributed by atoms with Gasteiger partial charge >= 0.3 is 0 Å². The first-order valence-corrected chi connectivity index (χ1v) is 8.69. The number of aryl methyl sites for hydroxylation is 1. The van der Waals surface area contributed by atoms with Crippen LogP contribution in [0.5, 0.6) is 5.75 Å². The van der Waals surface area contributed by atoms with E-state index in [4.69, 9.17) is 4.74 Å².